The molecule has 14 heavy (non-hydrogen) atoms. The van der Waals surface area contributed by atoms with E-state index >= 15 is 0 Å². The summed E-state index contributed by atoms with van der Waals surface area (Å²) in [5, 5.41) is 0. The molecule has 0 rings (SSSR count). The van der Waals surface area contributed by atoms with Crippen molar-refractivity contribution in [1.82, 2.24) is 0 Å². The van der Waals surface area contributed by atoms with Gasteiger partial charge in [-0.05, 0) is 13.8 Å². The molecule has 0 spiro atoms. The van der Waals surface area contributed by atoms with E-state index in [0.717, 1.165) is 6.08 Å². The molecule has 0 aliphatic heterocycles. The minimum atomic E-state index is -0.538. The molecule has 1 atom stereocenters. The minimum Gasteiger partial charge on any atom is -0.458 e. The summed E-state index contributed by atoms with van der Waals surface area (Å²) < 4.78 is 9.53. The highest BCUT2D eigenvalue weighted by Gasteiger charge is 2.10. The van der Waals surface area contributed by atoms with Crippen molar-refractivity contribution in [3.8, 4) is 0 Å². The van der Waals surface area contributed by atoms with E-state index in [1.165, 1.54) is 0 Å². The monoisotopic (exact) mass is 198 g/mol. The summed E-state index contributed by atoms with van der Waals surface area (Å²) in [4.78, 5) is 21.6. The predicted molar refractivity (Wildman–Crippen MR) is 51.5 cm³/mol. The van der Waals surface area contributed by atoms with E-state index in [1.807, 2.05) is 0 Å². The Morgan fingerprint density at radius 2 is 2.07 bits per heavy atom. The SMILES string of the molecule is C=CC(=O)OC(C)COC(=O)C(=C)C. The van der Waals surface area contributed by atoms with Gasteiger partial charge in [-0.15, -0.1) is 0 Å². The van der Waals surface area contributed by atoms with Crippen LogP contribution in [0.15, 0.2) is 24.8 Å². The van der Waals surface area contributed by atoms with Gasteiger partial charge in [-0.1, -0.05) is 13.2 Å². The van der Waals surface area contributed by atoms with Crippen LogP contribution in [0.2, 0.25) is 0 Å². The highest BCUT2D eigenvalue weighted by atomic mass is 16.6. The van der Waals surface area contributed by atoms with Crippen LogP contribution in [-0.4, -0.2) is 24.6 Å². The van der Waals surface area contributed by atoms with Gasteiger partial charge in [0.2, 0.25) is 0 Å². The van der Waals surface area contributed by atoms with Crippen LogP contribution in [-0.2, 0) is 19.1 Å². The summed E-state index contributed by atoms with van der Waals surface area (Å²) >= 11 is 0. The van der Waals surface area contributed by atoms with Gasteiger partial charge in [-0.2, -0.15) is 0 Å². The van der Waals surface area contributed by atoms with Crippen molar-refractivity contribution in [2.75, 3.05) is 6.61 Å². The average Bonchev–Trinajstić information content (AvgIpc) is 2.13. The fraction of sp³-hybridized carbons (Fsp3) is 0.400. The molecular weight excluding hydrogens is 184 g/mol. The van der Waals surface area contributed by atoms with Crippen LogP contribution in [0.25, 0.3) is 0 Å². The van der Waals surface area contributed by atoms with Crippen LogP contribution in [0.5, 0.6) is 0 Å². The molecule has 0 aliphatic rings. The summed E-state index contributed by atoms with van der Waals surface area (Å²) in [6, 6.07) is 0. The number of esters is 2. The third kappa shape index (κ3) is 5.13. The Morgan fingerprint density at radius 1 is 1.50 bits per heavy atom. The molecule has 0 saturated carbocycles. The van der Waals surface area contributed by atoms with Gasteiger partial charge in [-0.3, -0.25) is 0 Å². The fourth-order valence-corrected chi connectivity index (χ4v) is 0.597. The average molecular weight is 198 g/mol. The summed E-state index contributed by atoms with van der Waals surface area (Å²) in [7, 11) is 0. The van der Waals surface area contributed by atoms with E-state index in [9.17, 15) is 9.59 Å². The first-order valence-corrected chi connectivity index (χ1v) is 4.13. The summed E-state index contributed by atoms with van der Waals surface area (Å²) in [5.74, 6) is -1.03. The van der Waals surface area contributed by atoms with E-state index in [-0.39, 0.29) is 6.61 Å². The van der Waals surface area contributed by atoms with Crippen LogP contribution >= 0.6 is 0 Å². The standard InChI is InChI=1S/C10H14O4/c1-5-9(11)14-8(4)6-13-10(12)7(2)3/h5,8H,1-2,6H2,3-4H3. The number of ether oxygens (including phenoxy) is 2. The van der Waals surface area contributed by atoms with Gasteiger partial charge in [0.1, 0.15) is 12.7 Å². The second-order valence-electron chi connectivity index (χ2n) is 2.83. The Balaban J connectivity index is 3.79. The minimum absolute atomic E-state index is 0.0191. The van der Waals surface area contributed by atoms with Gasteiger partial charge in [0.05, 0.1) is 0 Å². The Morgan fingerprint density at radius 3 is 2.50 bits per heavy atom. The van der Waals surface area contributed by atoms with Crippen molar-refractivity contribution in [2.24, 2.45) is 0 Å². The van der Waals surface area contributed by atoms with Gasteiger partial charge in [0.25, 0.3) is 0 Å². The zero-order valence-corrected chi connectivity index (χ0v) is 8.41. The zero-order valence-electron chi connectivity index (χ0n) is 8.41. The molecule has 0 radical (unpaired) electrons. The Bertz CT molecular complexity index is 255. The molecule has 4 heteroatoms. The molecule has 0 fully saturated rings. The van der Waals surface area contributed by atoms with Gasteiger partial charge in [0.15, 0.2) is 0 Å². The molecule has 0 N–H and O–H groups in total. The zero-order chi connectivity index (χ0) is 11.1. The van der Waals surface area contributed by atoms with E-state index in [0.29, 0.717) is 5.57 Å². The van der Waals surface area contributed by atoms with Crippen molar-refractivity contribution >= 4 is 11.9 Å². The van der Waals surface area contributed by atoms with Gasteiger partial charge in [-0.25, -0.2) is 9.59 Å². The lowest BCUT2D eigenvalue weighted by Crippen LogP contribution is -2.21. The molecule has 0 aromatic rings. The lowest BCUT2D eigenvalue weighted by Gasteiger charge is -2.11. The molecule has 0 aromatic carbocycles. The third-order valence-electron chi connectivity index (χ3n) is 1.28. The summed E-state index contributed by atoms with van der Waals surface area (Å²) in [6.45, 7) is 9.83. The van der Waals surface area contributed by atoms with Crippen molar-refractivity contribution in [3.63, 3.8) is 0 Å². The maximum atomic E-state index is 10.9. The second-order valence-corrected chi connectivity index (χ2v) is 2.83. The molecule has 1 unspecified atom stereocenters. The molecule has 0 aliphatic carbocycles. The Hall–Kier alpha value is -1.58. The fourth-order valence-electron chi connectivity index (χ4n) is 0.597. The quantitative estimate of drug-likeness (QED) is 0.492. The van der Waals surface area contributed by atoms with E-state index in [2.05, 4.69) is 13.2 Å². The lowest BCUT2D eigenvalue weighted by molar-refractivity contribution is -0.152. The Kier molecular flexibility index (Phi) is 5.29. The van der Waals surface area contributed by atoms with Crippen molar-refractivity contribution in [2.45, 2.75) is 20.0 Å². The first kappa shape index (κ1) is 12.4. The number of carbonyl (C=O) groups excluding carboxylic acids is 2. The van der Waals surface area contributed by atoms with E-state index in [1.54, 1.807) is 13.8 Å². The van der Waals surface area contributed by atoms with Crippen LogP contribution < -0.4 is 0 Å². The van der Waals surface area contributed by atoms with Gasteiger partial charge >= 0.3 is 11.9 Å². The van der Waals surface area contributed by atoms with Crippen LogP contribution in [0, 0.1) is 0 Å². The van der Waals surface area contributed by atoms with Gasteiger partial charge < -0.3 is 9.47 Å². The highest BCUT2D eigenvalue weighted by molar-refractivity contribution is 5.87. The molecule has 0 saturated heterocycles. The van der Waals surface area contributed by atoms with Crippen LogP contribution in [0.4, 0.5) is 0 Å². The summed E-state index contributed by atoms with van der Waals surface area (Å²) in [5.41, 5.74) is 0.312. The number of hydrogen-bond donors (Lipinski definition) is 0. The normalized spacial score (nSPS) is 11.3. The van der Waals surface area contributed by atoms with E-state index < -0.39 is 18.0 Å². The topological polar surface area (TPSA) is 52.6 Å². The Labute approximate surface area is 83.2 Å². The van der Waals surface area contributed by atoms with Crippen LogP contribution in [0.3, 0.4) is 0 Å². The van der Waals surface area contributed by atoms with Crippen LogP contribution in [0.1, 0.15) is 13.8 Å². The van der Waals surface area contributed by atoms with Gasteiger partial charge in [0, 0.05) is 11.6 Å². The maximum Gasteiger partial charge on any atom is 0.333 e. The smallest absolute Gasteiger partial charge is 0.333 e. The first-order chi connectivity index (χ1) is 6.47. The number of carbonyl (C=O) groups is 2. The number of hydrogen-bond acceptors (Lipinski definition) is 4. The van der Waals surface area contributed by atoms with Crippen molar-refractivity contribution < 1.29 is 19.1 Å². The molecule has 0 amide bonds. The number of rotatable bonds is 5. The molecule has 0 heterocycles. The molecule has 78 valence electrons. The lowest BCUT2D eigenvalue weighted by atomic mass is 10.3. The maximum absolute atomic E-state index is 10.9. The molecule has 0 aromatic heterocycles. The second kappa shape index (κ2) is 5.96. The van der Waals surface area contributed by atoms with Crippen molar-refractivity contribution in [1.29, 1.82) is 0 Å². The largest absolute Gasteiger partial charge is 0.458 e. The highest BCUT2D eigenvalue weighted by Crippen LogP contribution is 1.97. The first-order valence-electron chi connectivity index (χ1n) is 4.13. The molecule has 4 nitrogen and oxygen atoms in total. The molecular formula is C10H14O4. The molecule has 0 bridgehead atoms. The van der Waals surface area contributed by atoms with Crippen molar-refractivity contribution in [3.05, 3.63) is 24.8 Å². The predicted octanol–water partition coefficient (Wildman–Crippen LogP) is 1.22. The summed E-state index contributed by atoms with van der Waals surface area (Å²) in [6.07, 6.45) is 0.570. The third-order valence-corrected chi connectivity index (χ3v) is 1.28. The van der Waals surface area contributed by atoms with E-state index in [4.69, 9.17) is 9.47 Å².